The Labute approximate surface area is 118 Å². The molecule has 1 fully saturated rings. The third kappa shape index (κ3) is 3.33. The maximum Gasteiger partial charge on any atom is 0.227 e. The molecule has 0 saturated carbocycles. The molecule has 2 rings (SSSR count). The minimum absolute atomic E-state index is 0.0115. The molecule has 0 aliphatic carbocycles. The highest BCUT2D eigenvalue weighted by molar-refractivity contribution is 5.79. The van der Waals surface area contributed by atoms with Gasteiger partial charge in [-0.1, -0.05) is 6.07 Å². The highest BCUT2D eigenvalue weighted by Crippen LogP contribution is 2.22. The standard InChI is InChI=1S/C15H20F2N2O/c1-15(18-2)5-7-19(8-6-15)14(20)9-11-3-4-12(16)10-13(11)17/h3-4,10,18H,5-9H2,1-2H3. The second kappa shape index (κ2) is 5.87. The van der Waals surface area contributed by atoms with Crippen molar-refractivity contribution in [3.63, 3.8) is 0 Å². The Kier molecular flexibility index (Phi) is 4.38. The lowest BCUT2D eigenvalue weighted by Gasteiger charge is -2.39. The molecular formula is C15H20F2N2O. The van der Waals surface area contributed by atoms with Crippen molar-refractivity contribution in [3.8, 4) is 0 Å². The Morgan fingerprint density at radius 3 is 2.55 bits per heavy atom. The number of hydrogen-bond donors (Lipinski definition) is 1. The van der Waals surface area contributed by atoms with Gasteiger partial charge >= 0.3 is 0 Å². The molecule has 1 aromatic carbocycles. The number of hydrogen-bond acceptors (Lipinski definition) is 2. The van der Waals surface area contributed by atoms with Crippen molar-refractivity contribution in [2.75, 3.05) is 20.1 Å². The summed E-state index contributed by atoms with van der Waals surface area (Å²) in [7, 11) is 1.92. The average Bonchev–Trinajstić information content (AvgIpc) is 2.42. The normalized spacial score (nSPS) is 18.1. The van der Waals surface area contributed by atoms with Crippen molar-refractivity contribution in [1.29, 1.82) is 0 Å². The van der Waals surface area contributed by atoms with Gasteiger partial charge in [-0.05, 0) is 38.4 Å². The number of piperidine rings is 1. The summed E-state index contributed by atoms with van der Waals surface area (Å²) >= 11 is 0. The largest absolute Gasteiger partial charge is 0.342 e. The SMILES string of the molecule is CNC1(C)CCN(C(=O)Cc2ccc(F)cc2F)CC1. The van der Waals surface area contributed by atoms with Gasteiger partial charge in [0.15, 0.2) is 0 Å². The van der Waals surface area contributed by atoms with Gasteiger partial charge in [0.2, 0.25) is 5.91 Å². The highest BCUT2D eigenvalue weighted by atomic mass is 19.1. The summed E-state index contributed by atoms with van der Waals surface area (Å²) in [6, 6.07) is 3.33. The molecule has 0 unspecified atom stereocenters. The van der Waals surface area contributed by atoms with Gasteiger partial charge in [0.05, 0.1) is 6.42 Å². The molecule has 1 aromatic rings. The number of likely N-dealkylation sites (tertiary alicyclic amines) is 1. The fourth-order valence-electron chi connectivity index (χ4n) is 2.44. The minimum Gasteiger partial charge on any atom is -0.342 e. The first-order valence-corrected chi connectivity index (χ1v) is 6.84. The van der Waals surface area contributed by atoms with Gasteiger partial charge in [0.1, 0.15) is 11.6 Å². The molecule has 1 saturated heterocycles. The quantitative estimate of drug-likeness (QED) is 0.921. The van der Waals surface area contributed by atoms with Crippen molar-refractivity contribution in [2.24, 2.45) is 0 Å². The van der Waals surface area contributed by atoms with Crippen LogP contribution in [-0.4, -0.2) is 36.5 Å². The van der Waals surface area contributed by atoms with E-state index in [1.165, 1.54) is 12.1 Å². The van der Waals surface area contributed by atoms with Crippen LogP contribution in [0.2, 0.25) is 0 Å². The lowest BCUT2D eigenvalue weighted by molar-refractivity contribution is -0.132. The molecule has 0 atom stereocenters. The van der Waals surface area contributed by atoms with Crippen molar-refractivity contribution < 1.29 is 13.6 Å². The molecule has 0 aromatic heterocycles. The summed E-state index contributed by atoms with van der Waals surface area (Å²) in [4.78, 5) is 13.9. The van der Waals surface area contributed by atoms with E-state index in [0.29, 0.717) is 13.1 Å². The number of nitrogens with zero attached hydrogens (tertiary/aromatic N) is 1. The molecule has 0 bridgehead atoms. The first kappa shape index (κ1) is 14.9. The minimum atomic E-state index is -0.657. The molecule has 5 heteroatoms. The molecule has 1 aliphatic heterocycles. The maximum absolute atomic E-state index is 13.5. The smallest absolute Gasteiger partial charge is 0.227 e. The molecule has 0 spiro atoms. The summed E-state index contributed by atoms with van der Waals surface area (Å²) in [5.74, 6) is -1.38. The fourth-order valence-corrected chi connectivity index (χ4v) is 2.44. The molecule has 0 radical (unpaired) electrons. The van der Waals surface area contributed by atoms with Crippen LogP contribution in [0.4, 0.5) is 8.78 Å². The van der Waals surface area contributed by atoms with E-state index in [1.807, 2.05) is 7.05 Å². The van der Waals surface area contributed by atoms with Gasteiger partial charge in [-0.2, -0.15) is 0 Å². The van der Waals surface area contributed by atoms with E-state index in [0.717, 1.165) is 18.9 Å². The van der Waals surface area contributed by atoms with Crippen LogP contribution in [0.3, 0.4) is 0 Å². The molecule has 1 aliphatic rings. The van der Waals surface area contributed by atoms with Crippen molar-refractivity contribution in [1.82, 2.24) is 10.2 Å². The Bertz CT molecular complexity index is 497. The average molecular weight is 282 g/mol. The fraction of sp³-hybridized carbons (Fsp3) is 0.533. The van der Waals surface area contributed by atoms with Crippen LogP contribution >= 0.6 is 0 Å². The van der Waals surface area contributed by atoms with Gasteiger partial charge in [-0.15, -0.1) is 0 Å². The summed E-state index contributed by atoms with van der Waals surface area (Å²) < 4.78 is 26.4. The van der Waals surface area contributed by atoms with E-state index in [4.69, 9.17) is 0 Å². The predicted octanol–water partition coefficient (Wildman–Crippen LogP) is 2.11. The monoisotopic (exact) mass is 282 g/mol. The zero-order chi connectivity index (χ0) is 14.8. The van der Waals surface area contributed by atoms with Gasteiger partial charge in [-0.25, -0.2) is 8.78 Å². The summed E-state index contributed by atoms with van der Waals surface area (Å²) in [6.07, 6.45) is 1.74. The number of carbonyl (C=O) groups excluding carboxylic acids is 1. The number of rotatable bonds is 3. The Balaban J connectivity index is 1.96. The van der Waals surface area contributed by atoms with Crippen molar-refractivity contribution in [3.05, 3.63) is 35.4 Å². The number of amides is 1. The van der Waals surface area contributed by atoms with E-state index >= 15 is 0 Å². The van der Waals surface area contributed by atoms with E-state index in [9.17, 15) is 13.6 Å². The number of carbonyl (C=O) groups is 1. The molecule has 1 heterocycles. The van der Waals surface area contributed by atoms with Gasteiger partial charge in [0.25, 0.3) is 0 Å². The lowest BCUT2D eigenvalue weighted by atomic mass is 9.89. The van der Waals surface area contributed by atoms with Crippen LogP contribution in [0.15, 0.2) is 18.2 Å². The Morgan fingerprint density at radius 2 is 2.00 bits per heavy atom. The van der Waals surface area contributed by atoms with Gasteiger partial charge < -0.3 is 10.2 Å². The second-order valence-corrected chi connectivity index (χ2v) is 5.60. The van der Waals surface area contributed by atoms with Crippen molar-refractivity contribution in [2.45, 2.75) is 31.7 Å². The van der Waals surface area contributed by atoms with Crippen LogP contribution in [0.25, 0.3) is 0 Å². The summed E-state index contributed by atoms with van der Waals surface area (Å²) in [5.41, 5.74) is 0.316. The first-order chi connectivity index (χ1) is 9.43. The summed E-state index contributed by atoms with van der Waals surface area (Å²) in [5, 5.41) is 3.27. The number of benzene rings is 1. The van der Waals surface area contributed by atoms with Crippen LogP contribution in [0.5, 0.6) is 0 Å². The Hall–Kier alpha value is -1.49. The van der Waals surface area contributed by atoms with Crippen LogP contribution < -0.4 is 5.32 Å². The molecule has 1 N–H and O–H groups in total. The van der Waals surface area contributed by atoms with E-state index in [2.05, 4.69) is 12.2 Å². The zero-order valence-electron chi connectivity index (χ0n) is 11.9. The van der Waals surface area contributed by atoms with E-state index in [-0.39, 0.29) is 23.4 Å². The molecule has 3 nitrogen and oxygen atoms in total. The lowest BCUT2D eigenvalue weighted by Crippen LogP contribution is -2.51. The second-order valence-electron chi connectivity index (χ2n) is 5.60. The zero-order valence-corrected chi connectivity index (χ0v) is 11.9. The van der Waals surface area contributed by atoms with Gasteiger partial charge in [0, 0.05) is 24.7 Å². The van der Waals surface area contributed by atoms with E-state index in [1.54, 1.807) is 4.90 Å². The number of halogens is 2. The van der Waals surface area contributed by atoms with Crippen LogP contribution in [0, 0.1) is 11.6 Å². The highest BCUT2D eigenvalue weighted by Gasteiger charge is 2.30. The van der Waals surface area contributed by atoms with E-state index < -0.39 is 11.6 Å². The topological polar surface area (TPSA) is 32.3 Å². The third-order valence-electron chi connectivity index (χ3n) is 4.18. The molecule has 110 valence electrons. The Morgan fingerprint density at radius 1 is 1.35 bits per heavy atom. The molecule has 20 heavy (non-hydrogen) atoms. The summed E-state index contributed by atoms with van der Waals surface area (Å²) in [6.45, 7) is 3.46. The number of nitrogens with one attached hydrogen (secondary N) is 1. The predicted molar refractivity (Wildman–Crippen MR) is 73.3 cm³/mol. The molecule has 1 amide bonds. The maximum atomic E-state index is 13.5. The van der Waals surface area contributed by atoms with Crippen LogP contribution in [0.1, 0.15) is 25.3 Å². The van der Waals surface area contributed by atoms with Crippen LogP contribution in [-0.2, 0) is 11.2 Å². The van der Waals surface area contributed by atoms with Crippen molar-refractivity contribution >= 4 is 5.91 Å². The first-order valence-electron chi connectivity index (χ1n) is 6.84. The van der Waals surface area contributed by atoms with Gasteiger partial charge in [-0.3, -0.25) is 4.79 Å². The molecular weight excluding hydrogens is 262 g/mol. The third-order valence-corrected chi connectivity index (χ3v) is 4.18.